The van der Waals surface area contributed by atoms with Gasteiger partial charge < -0.3 is 0 Å². The van der Waals surface area contributed by atoms with Gasteiger partial charge in [-0.25, -0.2) is 0 Å². The highest BCUT2D eigenvalue weighted by Crippen LogP contribution is 2.10. The molecule has 0 atom stereocenters. The summed E-state index contributed by atoms with van der Waals surface area (Å²) in [6.45, 7) is 0.204. The first kappa shape index (κ1) is 20.4. The van der Waals surface area contributed by atoms with E-state index in [1.165, 1.54) is 24.3 Å². The highest BCUT2D eigenvalue weighted by atomic mass is 16.2. The summed E-state index contributed by atoms with van der Waals surface area (Å²) in [4.78, 5) is 71.2. The van der Waals surface area contributed by atoms with E-state index >= 15 is 0 Å². The Kier molecular flexibility index (Phi) is 7.34. The van der Waals surface area contributed by atoms with Gasteiger partial charge in [-0.1, -0.05) is 6.42 Å². The average molecular weight is 374 g/mol. The Morgan fingerprint density at radius 2 is 0.889 bits per heavy atom. The van der Waals surface area contributed by atoms with Crippen molar-refractivity contribution < 1.29 is 28.8 Å². The monoisotopic (exact) mass is 374 g/mol. The van der Waals surface area contributed by atoms with Crippen molar-refractivity contribution in [1.29, 1.82) is 0 Å². The third kappa shape index (κ3) is 6.09. The summed E-state index contributed by atoms with van der Waals surface area (Å²) in [5, 5.41) is 0. The van der Waals surface area contributed by atoms with Gasteiger partial charge in [0.25, 0.3) is 23.6 Å². The largest absolute Gasteiger partial charge is 0.300 e. The molecule has 8 nitrogen and oxygen atoms in total. The quantitative estimate of drug-likeness (QED) is 0.368. The van der Waals surface area contributed by atoms with Crippen LogP contribution in [0.3, 0.4) is 0 Å². The maximum atomic E-state index is 11.8. The third-order valence-electron chi connectivity index (χ3n) is 4.44. The highest BCUT2D eigenvalue weighted by molar-refractivity contribution is 6.13. The summed E-state index contributed by atoms with van der Waals surface area (Å²) in [6, 6.07) is 0. The van der Waals surface area contributed by atoms with E-state index < -0.39 is 0 Å². The summed E-state index contributed by atoms with van der Waals surface area (Å²) in [7, 11) is 0. The normalized spacial score (nSPS) is 16.1. The number of hydrogen-bond donors (Lipinski definition) is 0. The lowest BCUT2D eigenvalue weighted by Crippen LogP contribution is -2.32. The Bertz CT molecular complexity index is 626. The maximum absolute atomic E-state index is 11.8. The molecule has 0 spiro atoms. The molecule has 0 aliphatic carbocycles. The van der Waals surface area contributed by atoms with Crippen LogP contribution in [0.25, 0.3) is 0 Å². The van der Waals surface area contributed by atoms with Gasteiger partial charge >= 0.3 is 0 Å². The van der Waals surface area contributed by atoms with Gasteiger partial charge in [0.2, 0.25) is 0 Å². The van der Waals surface area contributed by atoms with E-state index in [1.807, 2.05) is 0 Å². The molecule has 0 unspecified atom stereocenters. The van der Waals surface area contributed by atoms with E-state index in [-0.39, 0.29) is 61.1 Å². The SMILES string of the molecule is O=C(CCCCCC(=O)CCN1C(=O)C=CC1=O)CCN1C(=O)C=CC1=O. The lowest BCUT2D eigenvalue weighted by molar-refractivity contribution is -0.139. The lowest BCUT2D eigenvalue weighted by Gasteiger charge is -2.13. The van der Waals surface area contributed by atoms with Crippen molar-refractivity contribution in [3.63, 3.8) is 0 Å². The first-order chi connectivity index (χ1) is 12.9. The van der Waals surface area contributed by atoms with E-state index in [4.69, 9.17) is 0 Å². The van der Waals surface area contributed by atoms with Gasteiger partial charge in [-0.05, 0) is 12.8 Å². The Morgan fingerprint density at radius 1 is 0.556 bits per heavy atom. The van der Waals surface area contributed by atoms with E-state index in [0.717, 1.165) is 9.80 Å². The van der Waals surface area contributed by atoms with Crippen LogP contribution in [-0.2, 0) is 28.8 Å². The minimum absolute atomic E-state index is 0.0209. The van der Waals surface area contributed by atoms with Crippen LogP contribution in [0.4, 0.5) is 0 Å². The molecule has 2 rings (SSSR count). The predicted octanol–water partition coefficient (Wildman–Crippen LogP) is 0.705. The van der Waals surface area contributed by atoms with Gasteiger partial charge in [0.1, 0.15) is 11.6 Å². The number of carbonyl (C=O) groups excluding carboxylic acids is 6. The van der Waals surface area contributed by atoms with Crippen LogP contribution in [-0.4, -0.2) is 58.1 Å². The number of rotatable bonds is 12. The molecule has 0 N–H and O–H groups in total. The zero-order valence-electron chi connectivity index (χ0n) is 15.0. The fourth-order valence-corrected chi connectivity index (χ4v) is 2.85. The molecule has 0 aromatic rings. The minimum Gasteiger partial charge on any atom is -0.300 e. The molecular formula is C19H22N2O6. The summed E-state index contributed by atoms with van der Waals surface area (Å²) < 4.78 is 0. The smallest absolute Gasteiger partial charge is 0.253 e. The summed E-state index contributed by atoms with van der Waals surface area (Å²) in [5.41, 5.74) is 0. The predicted molar refractivity (Wildman–Crippen MR) is 94.1 cm³/mol. The van der Waals surface area contributed by atoms with Crippen molar-refractivity contribution in [1.82, 2.24) is 9.80 Å². The Labute approximate surface area is 156 Å². The number of unbranched alkanes of at least 4 members (excludes halogenated alkanes) is 2. The molecule has 0 saturated carbocycles. The van der Waals surface area contributed by atoms with Crippen molar-refractivity contribution in [2.45, 2.75) is 44.9 Å². The Morgan fingerprint density at radius 3 is 1.22 bits per heavy atom. The average Bonchev–Trinajstić information content (AvgIpc) is 3.12. The summed E-state index contributed by atoms with van der Waals surface area (Å²) in [5.74, 6) is -1.60. The van der Waals surface area contributed by atoms with Crippen LogP contribution in [0.5, 0.6) is 0 Å². The second-order valence-electron chi connectivity index (χ2n) is 6.46. The van der Waals surface area contributed by atoms with Crippen molar-refractivity contribution in [2.75, 3.05) is 13.1 Å². The number of Topliss-reactive ketones (excluding diaryl/α,β-unsaturated/α-hetero) is 2. The number of nitrogens with zero attached hydrogens (tertiary/aromatic N) is 2. The molecule has 0 radical (unpaired) electrons. The number of amides is 4. The minimum atomic E-state index is -0.389. The van der Waals surface area contributed by atoms with Gasteiger partial charge in [-0.15, -0.1) is 0 Å². The topological polar surface area (TPSA) is 109 Å². The van der Waals surface area contributed by atoms with Gasteiger partial charge in [0, 0.05) is 63.1 Å². The number of imide groups is 2. The van der Waals surface area contributed by atoms with Gasteiger partial charge in [0.15, 0.2) is 0 Å². The molecule has 4 amide bonds. The van der Waals surface area contributed by atoms with E-state index in [2.05, 4.69) is 0 Å². The standard InChI is InChI=1S/C19H22N2O6/c22-14(10-12-20-16(24)6-7-17(20)25)4-2-1-3-5-15(23)11-13-21-18(26)8-9-19(21)27/h6-9H,1-5,10-13H2. The molecule has 2 aliphatic rings. The zero-order chi connectivity index (χ0) is 19.8. The fraction of sp³-hybridized carbons (Fsp3) is 0.474. The molecule has 0 saturated heterocycles. The zero-order valence-corrected chi connectivity index (χ0v) is 15.0. The summed E-state index contributed by atoms with van der Waals surface area (Å²) in [6.07, 6.45) is 7.73. The third-order valence-corrected chi connectivity index (χ3v) is 4.44. The van der Waals surface area contributed by atoms with Crippen LogP contribution >= 0.6 is 0 Å². The van der Waals surface area contributed by atoms with Crippen molar-refractivity contribution in [2.24, 2.45) is 0 Å². The second-order valence-corrected chi connectivity index (χ2v) is 6.46. The van der Waals surface area contributed by atoms with Gasteiger partial charge in [-0.2, -0.15) is 0 Å². The molecule has 0 aromatic carbocycles. The Hall–Kier alpha value is -2.90. The first-order valence-corrected chi connectivity index (χ1v) is 8.99. The first-order valence-electron chi connectivity index (χ1n) is 8.99. The van der Waals surface area contributed by atoms with Crippen LogP contribution in [0.15, 0.2) is 24.3 Å². The van der Waals surface area contributed by atoms with Gasteiger partial charge in [0.05, 0.1) is 0 Å². The number of carbonyl (C=O) groups is 6. The second kappa shape index (κ2) is 9.70. The number of hydrogen-bond acceptors (Lipinski definition) is 6. The van der Waals surface area contributed by atoms with Gasteiger partial charge in [-0.3, -0.25) is 38.6 Å². The molecule has 8 heteroatoms. The number of ketones is 2. The highest BCUT2D eigenvalue weighted by Gasteiger charge is 2.24. The van der Waals surface area contributed by atoms with E-state index in [0.29, 0.717) is 32.1 Å². The van der Waals surface area contributed by atoms with Crippen LogP contribution < -0.4 is 0 Å². The molecule has 27 heavy (non-hydrogen) atoms. The molecule has 2 aliphatic heterocycles. The summed E-state index contributed by atoms with van der Waals surface area (Å²) >= 11 is 0. The van der Waals surface area contributed by atoms with Crippen LogP contribution in [0, 0.1) is 0 Å². The van der Waals surface area contributed by atoms with Crippen molar-refractivity contribution in [3.8, 4) is 0 Å². The van der Waals surface area contributed by atoms with Crippen LogP contribution in [0.2, 0.25) is 0 Å². The molecular weight excluding hydrogens is 352 g/mol. The lowest BCUT2D eigenvalue weighted by atomic mass is 10.1. The van der Waals surface area contributed by atoms with Crippen molar-refractivity contribution >= 4 is 35.2 Å². The molecule has 2 heterocycles. The Balaban J connectivity index is 1.50. The van der Waals surface area contributed by atoms with Crippen molar-refractivity contribution in [3.05, 3.63) is 24.3 Å². The molecule has 0 bridgehead atoms. The molecule has 0 fully saturated rings. The molecule has 0 aromatic heterocycles. The van der Waals surface area contributed by atoms with Crippen LogP contribution in [0.1, 0.15) is 44.9 Å². The maximum Gasteiger partial charge on any atom is 0.253 e. The fourth-order valence-electron chi connectivity index (χ4n) is 2.85. The van der Waals surface area contributed by atoms with E-state index in [1.54, 1.807) is 0 Å². The van der Waals surface area contributed by atoms with E-state index in [9.17, 15) is 28.8 Å². The molecule has 144 valence electrons.